The monoisotopic (exact) mass is 413 g/mol. The van der Waals surface area contributed by atoms with Gasteiger partial charge < -0.3 is 20.2 Å². The number of fused-ring (bicyclic) bond motifs is 1. The molecule has 8 nitrogen and oxygen atoms in total. The lowest BCUT2D eigenvalue weighted by Crippen LogP contribution is -2.23. The number of rotatable bonds is 7. The number of anilines is 1. The number of carbonyl (C=O) groups is 4. The third kappa shape index (κ3) is 5.66. The molecule has 30 heavy (non-hydrogen) atoms. The Bertz CT molecular complexity index is 923. The molecule has 0 aliphatic carbocycles. The Morgan fingerprint density at radius 3 is 1.97 bits per heavy atom. The lowest BCUT2D eigenvalue weighted by Gasteiger charge is -2.17. The third-order valence-electron chi connectivity index (χ3n) is 4.69. The molecule has 3 rings (SSSR count). The maximum Gasteiger partial charge on any atom is 0.310 e. The largest absolute Gasteiger partial charge is 0.481 e. The molecule has 1 aliphatic rings. The second kappa shape index (κ2) is 10.2. The summed E-state index contributed by atoms with van der Waals surface area (Å²) in [6, 6.07) is 14.8. The molecule has 1 amide bonds. The molecule has 0 saturated heterocycles. The van der Waals surface area contributed by atoms with E-state index in [9.17, 15) is 24.3 Å². The van der Waals surface area contributed by atoms with Gasteiger partial charge >= 0.3 is 17.9 Å². The number of carbonyl (C=O) groups excluding carboxylic acids is 1. The highest BCUT2D eigenvalue weighted by atomic mass is 16.4. The summed E-state index contributed by atoms with van der Waals surface area (Å²) in [5.74, 6) is -3.48. The van der Waals surface area contributed by atoms with Gasteiger partial charge in [-0.05, 0) is 35.7 Å². The van der Waals surface area contributed by atoms with Crippen LogP contribution in [-0.4, -0.2) is 39.1 Å². The standard InChI is InChI=1S/C18H17NO3.C4H6O4/c1-2-15(18(21)22)12-7-9-14(10-8-12)19-11-13-5-3-4-6-16(13)17(19)20;5-3(6)1-2-4(7)8/h3-10,15H,2,11H2,1H3,(H,21,22);1-2H2,(H,5,6)(H,7,8). The Morgan fingerprint density at radius 1 is 0.933 bits per heavy atom. The van der Waals surface area contributed by atoms with Gasteiger partial charge in [-0.1, -0.05) is 37.3 Å². The average molecular weight is 413 g/mol. The van der Waals surface area contributed by atoms with E-state index < -0.39 is 23.8 Å². The van der Waals surface area contributed by atoms with Gasteiger partial charge in [0.25, 0.3) is 5.91 Å². The van der Waals surface area contributed by atoms with E-state index in [1.165, 1.54) is 0 Å². The fourth-order valence-corrected chi connectivity index (χ4v) is 3.12. The van der Waals surface area contributed by atoms with Crippen LogP contribution in [-0.2, 0) is 20.9 Å². The van der Waals surface area contributed by atoms with Crippen LogP contribution in [0.2, 0.25) is 0 Å². The number of carboxylic acid groups (broad SMARTS) is 3. The zero-order valence-corrected chi connectivity index (χ0v) is 16.4. The van der Waals surface area contributed by atoms with Crippen LogP contribution in [0.25, 0.3) is 0 Å². The Kier molecular flexibility index (Phi) is 7.69. The maximum absolute atomic E-state index is 12.4. The molecule has 1 heterocycles. The van der Waals surface area contributed by atoms with Crippen LogP contribution in [0.5, 0.6) is 0 Å². The van der Waals surface area contributed by atoms with Crippen molar-refractivity contribution >= 4 is 29.5 Å². The number of hydrogen-bond acceptors (Lipinski definition) is 4. The zero-order chi connectivity index (χ0) is 22.3. The topological polar surface area (TPSA) is 132 Å². The van der Waals surface area contributed by atoms with E-state index in [0.717, 1.165) is 22.4 Å². The van der Waals surface area contributed by atoms with Gasteiger partial charge in [0.1, 0.15) is 0 Å². The van der Waals surface area contributed by atoms with E-state index in [2.05, 4.69) is 0 Å². The summed E-state index contributed by atoms with van der Waals surface area (Å²) >= 11 is 0. The smallest absolute Gasteiger partial charge is 0.310 e. The van der Waals surface area contributed by atoms with Crippen molar-refractivity contribution < 1.29 is 34.5 Å². The van der Waals surface area contributed by atoms with Gasteiger partial charge in [-0.2, -0.15) is 0 Å². The number of hydrogen-bond donors (Lipinski definition) is 3. The first kappa shape index (κ1) is 22.6. The molecule has 0 radical (unpaired) electrons. The van der Waals surface area contributed by atoms with Gasteiger partial charge in [-0.3, -0.25) is 19.2 Å². The summed E-state index contributed by atoms with van der Waals surface area (Å²) in [6.45, 7) is 2.41. The third-order valence-corrected chi connectivity index (χ3v) is 4.69. The molecule has 8 heteroatoms. The lowest BCUT2D eigenvalue weighted by molar-refractivity contribution is -0.143. The molecular formula is C22H23NO7. The van der Waals surface area contributed by atoms with E-state index in [1.807, 2.05) is 43.3 Å². The van der Waals surface area contributed by atoms with Crippen LogP contribution in [0.15, 0.2) is 48.5 Å². The number of carboxylic acids is 3. The molecule has 0 spiro atoms. The molecule has 158 valence electrons. The Morgan fingerprint density at radius 2 is 1.50 bits per heavy atom. The summed E-state index contributed by atoms with van der Waals surface area (Å²) in [5.41, 5.74) is 3.32. The van der Waals surface area contributed by atoms with Gasteiger partial charge in [0.15, 0.2) is 0 Å². The van der Waals surface area contributed by atoms with E-state index in [-0.39, 0.29) is 18.7 Å². The van der Waals surface area contributed by atoms with Gasteiger partial charge in [0.2, 0.25) is 0 Å². The molecule has 0 aromatic heterocycles. The van der Waals surface area contributed by atoms with Crippen LogP contribution in [0.1, 0.15) is 53.6 Å². The number of nitrogens with zero attached hydrogens (tertiary/aromatic N) is 1. The van der Waals surface area contributed by atoms with Crippen LogP contribution in [0, 0.1) is 0 Å². The van der Waals surface area contributed by atoms with Crippen molar-refractivity contribution in [3.63, 3.8) is 0 Å². The highest BCUT2D eigenvalue weighted by Crippen LogP contribution is 2.29. The van der Waals surface area contributed by atoms with Crippen molar-refractivity contribution in [3.05, 3.63) is 65.2 Å². The van der Waals surface area contributed by atoms with Gasteiger partial charge in [0.05, 0.1) is 25.3 Å². The predicted molar refractivity (Wildman–Crippen MR) is 109 cm³/mol. The van der Waals surface area contributed by atoms with E-state index in [4.69, 9.17) is 10.2 Å². The van der Waals surface area contributed by atoms with Crippen LogP contribution >= 0.6 is 0 Å². The molecule has 3 N–H and O–H groups in total. The molecular weight excluding hydrogens is 390 g/mol. The van der Waals surface area contributed by atoms with Crippen molar-refractivity contribution in [2.24, 2.45) is 0 Å². The first-order chi connectivity index (χ1) is 14.2. The van der Waals surface area contributed by atoms with Crippen molar-refractivity contribution in [1.29, 1.82) is 0 Å². The molecule has 0 bridgehead atoms. The first-order valence-electron chi connectivity index (χ1n) is 9.40. The van der Waals surface area contributed by atoms with Gasteiger partial charge in [0, 0.05) is 11.3 Å². The minimum Gasteiger partial charge on any atom is -0.481 e. The molecule has 2 aromatic rings. The molecule has 0 fully saturated rings. The summed E-state index contributed by atoms with van der Waals surface area (Å²) < 4.78 is 0. The Balaban J connectivity index is 0.000000343. The van der Waals surface area contributed by atoms with E-state index in [0.29, 0.717) is 13.0 Å². The van der Waals surface area contributed by atoms with Crippen molar-refractivity contribution in [1.82, 2.24) is 0 Å². The number of benzene rings is 2. The normalized spacial score (nSPS) is 13.1. The van der Waals surface area contributed by atoms with Crippen LogP contribution in [0.3, 0.4) is 0 Å². The first-order valence-corrected chi connectivity index (χ1v) is 9.40. The van der Waals surface area contributed by atoms with Crippen LogP contribution in [0.4, 0.5) is 5.69 Å². The van der Waals surface area contributed by atoms with Gasteiger partial charge in [-0.15, -0.1) is 0 Å². The summed E-state index contributed by atoms with van der Waals surface area (Å²) in [7, 11) is 0. The summed E-state index contributed by atoms with van der Waals surface area (Å²) in [6.07, 6.45) is -0.0482. The van der Waals surface area contributed by atoms with Crippen molar-refractivity contribution in [2.75, 3.05) is 4.90 Å². The molecule has 2 aromatic carbocycles. The Hall–Kier alpha value is -3.68. The van der Waals surface area contributed by atoms with Crippen molar-refractivity contribution in [2.45, 2.75) is 38.6 Å². The van der Waals surface area contributed by atoms with Crippen molar-refractivity contribution in [3.8, 4) is 0 Å². The lowest BCUT2D eigenvalue weighted by atomic mass is 9.96. The highest BCUT2D eigenvalue weighted by molar-refractivity contribution is 6.10. The van der Waals surface area contributed by atoms with Crippen LogP contribution < -0.4 is 4.90 Å². The fraction of sp³-hybridized carbons (Fsp3) is 0.273. The zero-order valence-electron chi connectivity index (χ0n) is 16.4. The van der Waals surface area contributed by atoms with Gasteiger partial charge in [-0.25, -0.2) is 0 Å². The minimum absolute atomic E-state index is 0.00590. The second-order valence-corrected chi connectivity index (χ2v) is 6.73. The fourth-order valence-electron chi connectivity index (χ4n) is 3.12. The minimum atomic E-state index is -1.08. The number of amides is 1. The molecule has 1 atom stereocenters. The predicted octanol–water partition coefficient (Wildman–Crippen LogP) is 3.36. The molecule has 1 aliphatic heterocycles. The summed E-state index contributed by atoms with van der Waals surface area (Å²) in [5, 5.41) is 25.0. The maximum atomic E-state index is 12.4. The second-order valence-electron chi connectivity index (χ2n) is 6.73. The average Bonchev–Trinajstić information content (AvgIpc) is 3.05. The molecule has 0 saturated carbocycles. The van der Waals surface area contributed by atoms with E-state index >= 15 is 0 Å². The quantitative estimate of drug-likeness (QED) is 0.634. The highest BCUT2D eigenvalue weighted by Gasteiger charge is 2.28. The van der Waals surface area contributed by atoms with E-state index in [1.54, 1.807) is 17.0 Å². The number of aliphatic carboxylic acids is 3. The Labute approximate surface area is 173 Å². The molecule has 1 unspecified atom stereocenters. The summed E-state index contributed by atoms with van der Waals surface area (Å²) in [4.78, 5) is 44.6. The SMILES string of the molecule is CCC(C(=O)O)c1ccc(N2Cc3ccccc3C2=O)cc1.O=C(O)CCC(=O)O.